The van der Waals surface area contributed by atoms with Crippen LogP contribution < -0.4 is 0 Å². The van der Waals surface area contributed by atoms with Crippen molar-refractivity contribution in [3.05, 3.63) is 0 Å². The van der Waals surface area contributed by atoms with E-state index in [0.29, 0.717) is 0 Å². The molecule has 1 nitrogen and oxygen atoms in total. The normalized spacial score (nSPS) is 40.5. The molecule has 0 saturated heterocycles. The highest BCUT2D eigenvalue weighted by Gasteiger charge is 2.37. The van der Waals surface area contributed by atoms with E-state index in [0.717, 1.165) is 19.3 Å². The molecule has 0 heterocycles. The van der Waals surface area contributed by atoms with Crippen molar-refractivity contribution in [2.75, 3.05) is 13.3 Å². The predicted molar refractivity (Wildman–Crippen MR) is 38.5 cm³/mol. The molecule has 1 aliphatic rings. The standard InChI is InChI=1S/C8H15FO/c1-8(6-10)4-2-3-7(8)5-9/h7,10H,2-6H2,1H3/t7?,8-/m0/s1. The van der Waals surface area contributed by atoms with Crippen LogP contribution >= 0.6 is 0 Å². The third-order valence-electron chi connectivity index (χ3n) is 2.83. The summed E-state index contributed by atoms with van der Waals surface area (Å²) in [6.45, 7) is 1.85. The van der Waals surface area contributed by atoms with Crippen LogP contribution in [0.1, 0.15) is 26.2 Å². The first-order chi connectivity index (χ1) is 4.73. The zero-order valence-corrected chi connectivity index (χ0v) is 6.44. The minimum Gasteiger partial charge on any atom is -0.396 e. The maximum atomic E-state index is 12.3. The molecule has 0 aromatic heterocycles. The summed E-state index contributed by atoms with van der Waals surface area (Å²) in [6, 6.07) is 0. The van der Waals surface area contributed by atoms with E-state index in [4.69, 9.17) is 5.11 Å². The van der Waals surface area contributed by atoms with Crippen molar-refractivity contribution in [3.8, 4) is 0 Å². The smallest absolute Gasteiger partial charge is 0.0928 e. The monoisotopic (exact) mass is 146 g/mol. The largest absolute Gasteiger partial charge is 0.396 e. The van der Waals surface area contributed by atoms with Crippen molar-refractivity contribution in [2.45, 2.75) is 26.2 Å². The molecule has 0 aromatic rings. The fourth-order valence-corrected chi connectivity index (χ4v) is 1.78. The van der Waals surface area contributed by atoms with Crippen LogP contribution in [0, 0.1) is 11.3 Å². The Hall–Kier alpha value is -0.110. The van der Waals surface area contributed by atoms with Crippen molar-refractivity contribution in [1.29, 1.82) is 0 Å². The van der Waals surface area contributed by atoms with Crippen LogP contribution in [0.15, 0.2) is 0 Å². The van der Waals surface area contributed by atoms with Gasteiger partial charge in [-0.2, -0.15) is 0 Å². The summed E-state index contributed by atoms with van der Waals surface area (Å²) in [5, 5.41) is 8.96. The number of hydrogen-bond donors (Lipinski definition) is 1. The molecule has 0 aromatic carbocycles. The average Bonchev–Trinajstić information content (AvgIpc) is 2.32. The van der Waals surface area contributed by atoms with E-state index in [-0.39, 0.29) is 24.6 Å². The predicted octanol–water partition coefficient (Wildman–Crippen LogP) is 1.75. The Morgan fingerprint density at radius 3 is 2.80 bits per heavy atom. The topological polar surface area (TPSA) is 20.2 Å². The van der Waals surface area contributed by atoms with Crippen molar-refractivity contribution in [2.24, 2.45) is 11.3 Å². The van der Waals surface area contributed by atoms with Crippen LogP contribution in [0.4, 0.5) is 4.39 Å². The third kappa shape index (κ3) is 1.17. The maximum absolute atomic E-state index is 12.3. The Balaban J connectivity index is 2.56. The van der Waals surface area contributed by atoms with Gasteiger partial charge in [-0.05, 0) is 24.2 Å². The number of alkyl halides is 1. The minimum absolute atomic E-state index is 0.109. The second-order valence-electron chi connectivity index (χ2n) is 3.56. The molecule has 2 atom stereocenters. The molecular weight excluding hydrogens is 131 g/mol. The van der Waals surface area contributed by atoms with Gasteiger partial charge >= 0.3 is 0 Å². The van der Waals surface area contributed by atoms with Crippen molar-refractivity contribution >= 4 is 0 Å². The summed E-state index contributed by atoms with van der Waals surface area (Å²) in [5.41, 5.74) is -0.116. The molecule has 1 N–H and O–H groups in total. The Labute approximate surface area is 61.2 Å². The van der Waals surface area contributed by atoms with E-state index in [1.165, 1.54) is 0 Å². The van der Waals surface area contributed by atoms with E-state index in [1.54, 1.807) is 0 Å². The third-order valence-corrected chi connectivity index (χ3v) is 2.83. The molecule has 0 aliphatic heterocycles. The summed E-state index contributed by atoms with van der Waals surface area (Å²) in [7, 11) is 0. The van der Waals surface area contributed by atoms with Crippen LogP contribution in [0.3, 0.4) is 0 Å². The summed E-state index contributed by atoms with van der Waals surface area (Å²) in [5.74, 6) is 0.109. The van der Waals surface area contributed by atoms with Gasteiger partial charge in [0.25, 0.3) is 0 Å². The molecule has 1 rings (SSSR count). The van der Waals surface area contributed by atoms with Crippen LogP contribution in [0.25, 0.3) is 0 Å². The van der Waals surface area contributed by atoms with Crippen molar-refractivity contribution in [3.63, 3.8) is 0 Å². The van der Waals surface area contributed by atoms with Crippen molar-refractivity contribution in [1.82, 2.24) is 0 Å². The second kappa shape index (κ2) is 2.87. The number of rotatable bonds is 2. The molecule has 1 saturated carbocycles. The number of aliphatic hydroxyl groups is 1. The second-order valence-corrected chi connectivity index (χ2v) is 3.56. The fraction of sp³-hybridized carbons (Fsp3) is 1.00. The van der Waals surface area contributed by atoms with Crippen LogP contribution in [-0.4, -0.2) is 18.4 Å². The van der Waals surface area contributed by atoms with E-state index in [2.05, 4.69) is 0 Å². The molecule has 0 amide bonds. The summed E-state index contributed by atoms with van der Waals surface area (Å²) in [6.07, 6.45) is 3.01. The maximum Gasteiger partial charge on any atom is 0.0928 e. The average molecular weight is 146 g/mol. The van der Waals surface area contributed by atoms with Gasteiger partial charge in [-0.15, -0.1) is 0 Å². The van der Waals surface area contributed by atoms with Gasteiger partial charge in [0.15, 0.2) is 0 Å². The first kappa shape index (κ1) is 7.99. The van der Waals surface area contributed by atoms with E-state index >= 15 is 0 Å². The molecule has 10 heavy (non-hydrogen) atoms. The van der Waals surface area contributed by atoms with Gasteiger partial charge in [0.05, 0.1) is 6.67 Å². The first-order valence-electron chi connectivity index (χ1n) is 3.90. The van der Waals surface area contributed by atoms with Gasteiger partial charge in [-0.1, -0.05) is 13.3 Å². The highest BCUT2D eigenvalue weighted by molar-refractivity contribution is 4.87. The van der Waals surface area contributed by atoms with Gasteiger partial charge < -0.3 is 5.11 Å². The highest BCUT2D eigenvalue weighted by Crippen LogP contribution is 2.42. The molecule has 0 bridgehead atoms. The quantitative estimate of drug-likeness (QED) is 0.629. The molecule has 60 valence electrons. The Morgan fingerprint density at radius 1 is 1.70 bits per heavy atom. The lowest BCUT2D eigenvalue weighted by atomic mass is 9.81. The lowest BCUT2D eigenvalue weighted by Gasteiger charge is -2.26. The first-order valence-corrected chi connectivity index (χ1v) is 3.90. The SMILES string of the molecule is C[C@@]1(CO)CCCC1CF. The van der Waals surface area contributed by atoms with E-state index in [9.17, 15) is 4.39 Å². The molecule has 0 radical (unpaired) electrons. The number of hydrogen-bond acceptors (Lipinski definition) is 1. The van der Waals surface area contributed by atoms with E-state index in [1.807, 2.05) is 6.92 Å². The zero-order chi connectivity index (χ0) is 7.61. The van der Waals surface area contributed by atoms with Gasteiger partial charge in [-0.25, -0.2) is 0 Å². The fourth-order valence-electron chi connectivity index (χ4n) is 1.78. The Morgan fingerprint density at radius 2 is 2.40 bits per heavy atom. The molecule has 1 unspecified atom stereocenters. The number of halogens is 1. The minimum atomic E-state index is -0.267. The van der Waals surface area contributed by atoms with Crippen molar-refractivity contribution < 1.29 is 9.50 Å². The Kier molecular flexibility index (Phi) is 2.29. The highest BCUT2D eigenvalue weighted by atomic mass is 19.1. The van der Waals surface area contributed by atoms with Crippen LogP contribution in [-0.2, 0) is 0 Å². The lowest BCUT2D eigenvalue weighted by molar-refractivity contribution is 0.0879. The zero-order valence-electron chi connectivity index (χ0n) is 6.44. The molecule has 1 fully saturated rings. The van der Waals surface area contributed by atoms with E-state index < -0.39 is 0 Å². The molecule has 0 spiro atoms. The van der Waals surface area contributed by atoms with Gasteiger partial charge in [-0.3, -0.25) is 4.39 Å². The molecule has 1 aliphatic carbocycles. The van der Waals surface area contributed by atoms with Crippen LogP contribution in [0.2, 0.25) is 0 Å². The molecule has 2 heteroatoms. The van der Waals surface area contributed by atoms with Gasteiger partial charge in [0, 0.05) is 6.61 Å². The molecular formula is C8H15FO. The lowest BCUT2D eigenvalue weighted by Crippen LogP contribution is -2.27. The number of aliphatic hydroxyl groups excluding tert-OH is 1. The van der Waals surface area contributed by atoms with Gasteiger partial charge in [0.1, 0.15) is 0 Å². The summed E-state index contributed by atoms with van der Waals surface area (Å²) in [4.78, 5) is 0. The summed E-state index contributed by atoms with van der Waals surface area (Å²) < 4.78 is 12.3. The van der Waals surface area contributed by atoms with Gasteiger partial charge in [0.2, 0.25) is 0 Å². The van der Waals surface area contributed by atoms with Crippen LogP contribution in [0.5, 0.6) is 0 Å². The summed E-state index contributed by atoms with van der Waals surface area (Å²) >= 11 is 0. The Bertz CT molecular complexity index is 116.